The van der Waals surface area contributed by atoms with Crippen LogP contribution in [-0.2, 0) is 0 Å². The lowest BCUT2D eigenvalue weighted by molar-refractivity contribution is 0.584. The molecule has 0 aliphatic rings. The van der Waals surface area contributed by atoms with E-state index in [0.29, 0.717) is 0 Å². The third kappa shape index (κ3) is 2.58. The van der Waals surface area contributed by atoms with E-state index < -0.39 is 11.6 Å². The van der Waals surface area contributed by atoms with Crippen molar-refractivity contribution in [1.29, 1.82) is 0 Å². The summed E-state index contributed by atoms with van der Waals surface area (Å²) in [5, 5.41) is 2.78. The van der Waals surface area contributed by atoms with E-state index in [4.69, 9.17) is 0 Å². The molecular formula is C13H12F2N2. The molecule has 0 bridgehead atoms. The Morgan fingerprint density at radius 3 is 2.35 bits per heavy atom. The van der Waals surface area contributed by atoms with E-state index in [2.05, 4.69) is 10.3 Å². The molecule has 0 radical (unpaired) electrons. The average molecular weight is 234 g/mol. The van der Waals surface area contributed by atoms with Gasteiger partial charge in [0.15, 0.2) is 0 Å². The van der Waals surface area contributed by atoms with Gasteiger partial charge in [-0.25, -0.2) is 8.78 Å². The van der Waals surface area contributed by atoms with E-state index in [9.17, 15) is 8.78 Å². The first kappa shape index (κ1) is 11.5. The molecule has 88 valence electrons. The molecular weight excluding hydrogens is 222 g/mol. The highest BCUT2D eigenvalue weighted by Crippen LogP contribution is 2.23. The van der Waals surface area contributed by atoms with Gasteiger partial charge in [-0.1, -0.05) is 12.1 Å². The summed E-state index contributed by atoms with van der Waals surface area (Å²) >= 11 is 0. The van der Waals surface area contributed by atoms with Crippen LogP contribution >= 0.6 is 0 Å². The normalized spacial score (nSPS) is 12.2. The van der Waals surface area contributed by atoms with Crippen LogP contribution in [0.2, 0.25) is 0 Å². The number of nitrogens with one attached hydrogen (secondary N) is 1. The molecule has 4 heteroatoms. The summed E-state index contributed by atoms with van der Waals surface area (Å²) in [7, 11) is 0. The second kappa shape index (κ2) is 4.91. The molecule has 0 spiro atoms. The van der Waals surface area contributed by atoms with Crippen molar-refractivity contribution in [3.63, 3.8) is 0 Å². The molecule has 0 amide bonds. The SMILES string of the molecule is CC(Nc1c(F)cccc1F)c1ccccn1. The molecule has 17 heavy (non-hydrogen) atoms. The zero-order valence-corrected chi connectivity index (χ0v) is 9.32. The predicted molar refractivity (Wildman–Crippen MR) is 62.6 cm³/mol. The van der Waals surface area contributed by atoms with Gasteiger partial charge in [0.1, 0.15) is 17.3 Å². The van der Waals surface area contributed by atoms with E-state index in [0.717, 1.165) is 5.69 Å². The first-order valence-electron chi connectivity index (χ1n) is 5.30. The third-order valence-corrected chi connectivity index (χ3v) is 2.46. The molecule has 0 aliphatic carbocycles. The maximum atomic E-state index is 13.4. The van der Waals surface area contributed by atoms with Crippen LogP contribution in [0.25, 0.3) is 0 Å². The van der Waals surface area contributed by atoms with Crippen LogP contribution < -0.4 is 5.32 Å². The van der Waals surface area contributed by atoms with Crippen molar-refractivity contribution in [1.82, 2.24) is 4.98 Å². The fourth-order valence-corrected chi connectivity index (χ4v) is 1.56. The molecule has 1 aromatic carbocycles. The Labute approximate surface area is 98.3 Å². The van der Waals surface area contributed by atoms with Crippen molar-refractivity contribution < 1.29 is 8.78 Å². The summed E-state index contributed by atoms with van der Waals surface area (Å²) in [6.07, 6.45) is 1.64. The highest BCUT2D eigenvalue weighted by molar-refractivity contribution is 5.47. The zero-order chi connectivity index (χ0) is 12.3. The van der Waals surface area contributed by atoms with Crippen LogP contribution in [-0.4, -0.2) is 4.98 Å². The van der Waals surface area contributed by atoms with Crippen LogP contribution in [0.15, 0.2) is 42.6 Å². The first-order valence-corrected chi connectivity index (χ1v) is 5.30. The Bertz CT molecular complexity index is 480. The van der Waals surface area contributed by atoms with Gasteiger partial charge in [0, 0.05) is 6.20 Å². The Morgan fingerprint density at radius 2 is 1.76 bits per heavy atom. The van der Waals surface area contributed by atoms with Gasteiger partial charge < -0.3 is 5.32 Å². The summed E-state index contributed by atoms with van der Waals surface area (Å²) in [5.74, 6) is -1.21. The summed E-state index contributed by atoms with van der Waals surface area (Å²) in [6, 6.07) is 8.94. The number of hydrogen-bond donors (Lipinski definition) is 1. The first-order chi connectivity index (χ1) is 8.18. The van der Waals surface area contributed by atoms with Gasteiger partial charge in [-0.3, -0.25) is 4.98 Å². The van der Waals surface area contributed by atoms with Crippen molar-refractivity contribution >= 4 is 5.69 Å². The maximum absolute atomic E-state index is 13.4. The molecule has 2 nitrogen and oxygen atoms in total. The van der Waals surface area contributed by atoms with Crippen molar-refractivity contribution in [3.05, 3.63) is 59.9 Å². The number of halogens is 2. The van der Waals surface area contributed by atoms with Gasteiger partial charge in [0.25, 0.3) is 0 Å². The number of aromatic nitrogens is 1. The predicted octanol–water partition coefficient (Wildman–Crippen LogP) is 3.53. The second-order valence-electron chi connectivity index (χ2n) is 3.72. The summed E-state index contributed by atoms with van der Waals surface area (Å²) < 4.78 is 26.8. The highest BCUT2D eigenvalue weighted by atomic mass is 19.1. The number of hydrogen-bond acceptors (Lipinski definition) is 2. The molecule has 0 fully saturated rings. The van der Waals surface area contributed by atoms with Crippen molar-refractivity contribution in [2.75, 3.05) is 5.32 Å². The van der Waals surface area contributed by atoms with Gasteiger partial charge in [-0.2, -0.15) is 0 Å². The Hall–Kier alpha value is -1.97. The monoisotopic (exact) mass is 234 g/mol. The number of rotatable bonds is 3. The minimum absolute atomic E-state index is 0.120. The summed E-state index contributed by atoms with van der Waals surface area (Å²) in [4.78, 5) is 4.13. The van der Waals surface area contributed by atoms with Crippen LogP contribution in [0, 0.1) is 11.6 Å². The lowest BCUT2D eigenvalue weighted by Gasteiger charge is -2.15. The summed E-state index contributed by atoms with van der Waals surface area (Å²) in [5.41, 5.74) is 0.612. The van der Waals surface area contributed by atoms with E-state index in [-0.39, 0.29) is 11.7 Å². The van der Waals surface area contributed by atoms with Crippen LogP contribution in [0.3, 0.4) is 0 Å². The zero-order valence-electron chi connectivity index (χ0n) is 9.32. The van der Waals surface area contributed by atoms with Crippen LogP contribution in [0.1, 0.15) is 18.7 Å². The molecule has 1 unspecified atom stereocenters. The lowest BCUT2D eigenvalue weighted by Crippen LogP contribution is -2.10. The molecule has 1 aromatic heterocycles. The Morgan fingerprint density at radius 1 is 1.06 bits per heavy atom. The average Bonchev–Trinajstić information content (AvgIpc) is 2.35. The van der Waals surface area contributed by atoms with Gasteiger partial charge in [-0.15, -0.1) is 0 Å². The Balaban J connectivity index is 2.22. The smallest absolute Gasteiger partial charge is 0.149 e. The van der Waals surface area contributed by atoms with Crippen LogP contribution in [0.5, 0.6) is 0 Å². The molecule has 0 saturated carbocycles. The number of anilines is 1. The van der Waals surface area contributed by atoms with E-state index in [1.807, 2.05) is 6.07 Å². The van der Waals surface area contributed by atoms with E-state index in [1.54, 1.807) is 25.3 Å². The minimum atomic E-state index is -0.604. The quantitative estimate of drug-likeness (QED) is 0.878. The molecule has 0 aliphatic heterocycles. The van der Waals surface area contributed by atoms with E-state index >= 15 is 0 Å². The largest absolute Gasteiger partial charge is 0.372 e. The van der Waals surface area contributed by atoms with Crippen molar-refractivity contribution in [2.24, 2.45) is 0 Å². The molecule has 2 rings (SSSR count). The van der Waals surface area contributed by atoms with Crippen molar-refractivity contribution in [3.8, 4) is 0 Å². The Kier molecular flexibility index (Phi) is 3.32. The van der Waals surface area contributed by atoms with Gasteiger partial charge in [0.2, 0.25) is 0 Å². The molecule has 1 heterocycles. The van der Waals surface area contributed by atoms with Gasteiger partial charge in [-0.05, 0) is 31.2 Å². The number of benzene rings is 1. The highest BCUT2D eigenvalue weighted by Gasteiger charge is 2.12. The summed E-state index contributed by atoms with van der Waals surface area (Å²) in [6.45, 7) is 1.80. The van der Waals surface area contributed by atoms with Crippen LogP contribution in [0.4, 0.5) is 14.5 Å². The van der Waals surface area contributed by atoms with Crippen molar-refractivity contribution in [2.45, 2.75) is 13.0 Å². The lowest BCUT2D eigenvalue weighted by atomic mass is 10.2. The molecule has 0 saturated heterocycles. The van der Waals surface area contributed by atoms with Gasteiger partial charge in [0.05, 0.1) is 11.7 Å². The minimum Gasteiger partial charge on any atom is -0.372 e. The third-order valence-electron chi connectivity index (χ3n) is 2.46. The molecule has 2 aromatic rings. The molecule has 1 N–H and O–H groups in total. The number of nitrogens with zero attached hydrogens (tertiary/aromatic N) is 1. The number of para-hydroxylation sites is 1. The van der Waals surface area contributed by atoms with Gasteiger partial charge >= 0.3 is 0 Å². The fourth-order valence-electron chi connectivity index (χ4n) is 1.56. The standard InChI is InChI=1S/C13H12F2N2/c1-9(12-7-2-3-8-16-12)17-13-10(14)5-4-6-11(13)15/h2-9,17H,1H3. The topological polar surface area (TPSA) is 24.9 Å². The van der Waals surface area contributed by atoms with E-state index in [1.165, 1.54) is 18.2 Å². The fraction of sp³-hybridized carbons (Fsp3) is 0.154. The second-order valence-corrected chi connectivity index (χ2v) is 3.72. The maximum Gasteiger partial charge on any atom is 0.149 e. The number of pyridine rings is 1. The molecule has 1 atom stereocenters.